The SMILES string of the molecule is Cc1ccc(NC(=O)CSC2NC(=O)CC(c3sc(-c4ccccc4)nc3C)N2)c(C)c1. The van der Waals surface area contributed by atoms with E-state index >= 15 is 0 Å². The molecule has 1 aromatic heterocycles. The normalized spacial score (nSPS) is 18.3. The van der Waals surface area contributed by atoms with Crippen LogP contribution in [0, 0.1) is 20.8 Å². The summed E-state index contributed by atoms with van der Waals surface area (Å²) in [6.07, 6.45) is 0.350. The first-order valence-corrected chi connectivity index (χ1v) is 12.3. The van der Waals surface area contributed by atoms with Gasteiger partial charge in [0.05, 0.1) is 17.5 Å². The van der Waals surface area contributed by atoms with Crippen molar-refractivity contribution < 1.29 is 9.59 Å². The summed E-state index contributed by atoms with van der Waals surface area (Å²) in [7, 11) is 0. The molecule has 2 atom stereocenters. The van der Waals surface area contributed by atoms with Gasteiger partial charge >= 0.3 is 0 Å². The predicted molar refractivity (Wildman–Crippen MR) is 132 cm³/mol. The molecule has 0 saturated carbocycles. The summed E-state index contributed by atoms with van der Waals surface area (Å²) >= 11 is 2.98. The van der Waals surface area contributed by atoms with E-state index in [1.807, 2.05) is 69.3 Å². The van der Waals surface area contributed by atoms with Gasteiger partial charge in [-0.2, -0.15) is 0 Å². The van der Waals surface area contributed by atoms with Crippen molar-refractivity contribution in [2.45, 2.75) is 38.7 Å². The lowest BCUT2D eigenvalue weighted by Gasteiger charge is -2.30. The van der Waals surface area contributed by atoms with Gasteiger partial charge in [-0.25, -0.2) is 4.98 Å². The number of nitrogens with one attached hydrogen (secondary N) is 3. The second-order valence-electron chi connectivity index (χ2n) is 7.88. The largest absolute Gasteiger partial charge is 0.332 e. The van der Waals surface area contributed by atoms with E-state index in [0.29, 0.717) is 6.42 Å². The first-order chi connectivity index (χ1) is 15.4. The minimum atomic E-state index is -0.340. The first-order valence-electron chi connectivity index (χ1n) is 10.5. The van der Waals surface area contributed by atoms with Crippen molar-refractivity contribution in [3.8, 4) is 10.6 Å². The fourth-order valence-corrected chi connectivity index (χ4v) is 5.66. The summed E-state index contributed by atoms with van der Waals surface area (Å²) in [6, 6.07) is 15.9. The first kappa shape index (κ1) is 22.5. The van der Waals surface area contributed by atoms with Gasteiger partial charge in [-0.15, -0.1) is 23.1 Å². The van der Waals surface area contributed by atoms with Crippen LogP contribution in [0.25, 0.3) is 10.6 Å². The van der Waals surface area contributed by atoms with Crippen LogP contribution in [-0.4, -0.2) is 28.0 Å². The third kappa shape index (κ3) is 5.38. The van der Waals surface area contributed by atoms with E-state index < -0.39 is 0 Å². The lowest BCUT2D eigenvalue weighted by Crippen LogP contribution is -2.51. The van der Waals surface area contributed by atoms with E-state index in [2.05, 4.69) is 16.0 Å². The van der Waals surface area contributed by atoms with Crippen molar-refractivity contribution in [2.24, 2.45) is 0 Å². The standard InChI is InChI=1S/C24H26N4O2S2/c1-14-9-10-18(15(2)11-14)26-21(30)13-31-24-27-19(12-20(29)28-24)22-16(3)25-23(32-22)17-7-5-4-6-8-17/h4-11,19,24,27H,12-13H2,1-3H3,(H,26,30)(H,28,29). The fraction of sp³-hybridized carbons (Fsp3) is 0.292. The molecule has 32 heavy (non-hydrogen) atoms. The quantitative estimate of drug-likeness (QED) is 0.497. The number of hydrogen-bond acceptors (Lipinski definition) is 6. The van der Waals surface area contributed by atoms with Crippen molar-refractivity contribution in [2.75, 3.05) is 11.1 Å². The van der Waals surface area contributed by atoms with Crippen LogP contribution >= 0.6 is 23.1 Å². The predicted octanol–water partition coefficient (Wildman–Crippen LogP) is 4.54. The topological polar surface area (TPSA) is 83.1 Å². The second-order valence-corrected chi connectivity index (χ2v) is 10.0. The van der Waals surface area contributed by atoms with Gasteiger partial charge in [0.2, 0.25) is 11.8 Å². The minimum Gasteiger partial charge on any atom is -0.332 e. The molecule has 2 aromatic carbocycles. The Hall–Kier alpha value is -2.68. The number of amides is 2. The summed E-state index contributed by atoms with van der Waals surface area (Å²) in [5, 5.41) is 10.3. The van der Waals surface area contributed by atoms with Crippen molar-refractivity contribution in [1.82, 2.24) is 15.6 Å². The molecule has 1 fully saturated rings. The number of aryl methyl sites for hydroxylation is 3. The zero-order chi connectivity index (χ0) is 22.7. The number of carbonyl (C=O) groups excluding carboxylic acids is 2. The molecule has 1 saturated heterocycles. The van der Waals surface area contributed by atoms with Gasteiger partial charge < -0.3 is 10.6 Å². The van der Waals surface area contributed by atoms with Crippen molar-refractivity contribution >= 4 is 40.6 Å². The van der Waals surface area contributed by atoms with Gasteiger partial charge in [0.15, 0.2) is 0 Å². The van der Waals surface area contributed by atoms with Crippen LogP contribution in [0.15, 0.2) is 48.5 Å². The van der Waals surface area contributed by atoms with E-state index in [1.54, 1.807) is 11.3 Å². The number of hydrogen-bond donors (Lipinski definition) is 3. The summed E-state index contributed by atoms with van der Waals surface area (Å²) in [5.74, 6) is 0.102. The lowest BCUT2D eigenvalue weighted by molar-refractivity contribution is -0.123. The van der Waals surface area contributed by atoms with Gasteiger partial charge in [0.25, 0.3) is 0 Å². The molecule has 2 unspecified atom stereocenters. The highest BCUT2D eigenvalue weighted by atomic mass is 32.2. The molecule has 2 amide bonds. The number of rotatable bonds is 6. The van der Waals surface area contributed by atoms with Gasteiger partial charge in [0, 0.05) is 22.5 Å². The Morgan fingerprint density at radius 1 is 1.19 bits per heavy atom. The van der Waals surface area contributed by atoms with E-state index in [0.717, 1.165) is 38.0 Å². The molecule has 1 aliphatic rings. The molecule has 0 aliphatic carbocycles. The molecular formula is C24H26N4O2S2. The van der Waals surface area contributed by atoms with Gasteiger partial charge in [-0.1, -0.05) is 48.0 Å². The van der Waals surface area contributed by atoms with Crippen LogP contribution in [0.1, 0.15) is 34.2 Å². The van der Waals surface area contributed by atoms with E-state index in [-0.39, 0.29) is 29.1 Å². The van der Waals surface area contributed by atoms with E-state index in [4.69, 9.17) is 4.98 Å². The third-order valence-corrected chi connectivity index (χ3v) is 7.58. The van der Waals surface area contributed by atoms with Crippen molar-refractivity contribution in [3.63, 3.8) is 0 Å². The summed E-state index contributed by atoms with van der Waals surface area (Å²) < 4.78 is 0. The summed E-state index contributed by atoms with van der Waals surface area (Å²) in [4.78, 5) is 30.6. The number of thioether (sulfide) groups is 1. The molecule has 2 heterocycles. The van der Waals surface area contributed by atoms with Crippen LogP contribution < -0.4 is 16.0 Å². The molecule has 1 aliphatic heterocycles. The second kappa shape index (κ2) is 9.85. The molecular weight excluding hydrogens is 440 g/mol. The van der Waals surface area contributed by atoms with E-state index in [1.165, 1.54) is 11.8 Å². The number of benzene rings is 2. The molecule has 3 N–H and O–H groups in total. The molecule has 166 valence electrons. The molecule has 3 aromatic rings. The summed E-state index contributed by atoms with van der Waals surface area (Å²) in [6.45, 7) is 5.98. The van der Waals surface area contributed by atoms with Gasteiger partial charge in [-0.05, 0) is 32.4 Å². The van der Waals surface area contributed by atoms with Crippen LogP contribution in [-0.2, 0) is 9.59 Å². The number of nitrogens with zero attached hydrogens (tertiary/aromatic N) is 1. The molecule has 0 bridgehead atoms. The van der Waals surface area contributed by atoms with Crippen LogP contribution in [0.4, 0.5) is 5.69 Å². The Kier molecular flexibility index (Phi) is 6.93. The van der Waals surface area contributed by atoms with Gasteiger partial charge in [0.1, 0.15) is 10.5 Å². The summed E-state index contributed by atoms with van der Waals surface area (Å²) in [5.41, 5.74) is 4.66. The zero-order valence-corrected chi connectivity index (χ0v) is 19.9. The zero-order valence-electron chi connectivity index (χ0n) is 18.3. The van der Waals surface area contributed by atoms with E-state index in [9.17, 15) is 9.59 Å². The monoisotopic (exact) mass is 466 g/mol. The number of anilines is 1. The van der Waals surface area contributed by atoms with Crippen molar-refractivity contribution in [1.29, 1.82) is 0 Å². The van der Waals surface area contributed by atoms with Crippen LogP contribution in [0.3, 0.4) is 0 Å². The maximum absolute atomic E-state index is 12.5. The molecule has 0 radical (unpaired) electrons. The minimum absolute atomic E-state index is 0.0323. The maximum Gasteiger partial charge on any atom is 0.234 e. The molecule has 6 nitrogen and oxygen atoms in total. The Labute approximate surface area is 196 Å². The number of carbonyl (C=O) groups is 2. The number of aromatic nitrogens is 1. The molecule has 0 spiro atoms. The number of thiazole rings is 1. The highest BCUT2D eigenvalue weighted by Gasteiger charge is 2.30. The Morgan fingerprint density at radius 3 is 2.72 bits per heavy atom. The van der Waals surface area contributed by atoms with Crippen LogP contribution in [0.5, 0.6) is 0 Å². The molecule has 4 rings (SSSR count). The van der Waals surface area contributed by atoms with Crippen LogP contribution in [0.2, 0.25) is 0 Å². The third-order valence-electron chi connectivity index (χ3n) is 5.24. The average Bonchev–Trinajstić information content (AvgIpc) is 3.16. The molecule has 8 heteroatoms. The average molecular weight is 467 g/mol. The Morgan fingerprint density at radius 2 is 1.97 bits per heavy atom. The fourth-order valence-electron chi connectivity index (χ4n) is 3.67. The Balaban J connectivity index is 1.39. The van der Waals surface area contributed by atoms with Gasteiger partial charge in [-0.3, -0.25) is 14.9 Å². The lowest BCUT2D eigenvalue weighted by atomic mass is 10.1. The Bertz CT molecular complexity index is 1130. The smallest absolute Gasteiger partial charge is 0.234 e. The van der Waals surface area contributed by atoms with Crippen molar-refractivity contribution in [3.05, 3.63) is 70.2 Å². The maximum atomic E-state index is 12.5. The highest BCUT2D eigenvalue weighted by molar-refractivity contribution is 8.00. The highest BCUT2D eigenvalue weighted by Crippen LogP contribution is 2.34.